The molecule has 3 rings (SSSR count). The van der Waals surface area contributed by atoms with E-state index in [1.165, 1.54) is 0 Å². The summed E-state index contributed by atoms with van der Waals surface area (Å²) in [6.07, 6.45) is 1.75. The summed E-state index contributed by atoms with van der Waals surface area (Å²) >= 11 is 10.7. The number of nitrogens with two attached hydrogens (primary N) is 1. The Labute approximate surface area is 152 Å². The van der Waals surface area contributed by atoms with Crippen LogP contribution in [0.15, 0.2) is 24.4 Å². The number of halogens is 4. The zero-order chi connectivity index (χ0) is 17.9. The number of benzene rings is 1. The van der Waals surface area contributed by atoms with Crippen molar-refractivity contribution in [3.8, 4) is 5.75 Å². The molecular formula is C14H9BrClF2N3O2S. The Morgan fingerprint density at radius 1 is 1.42 bits per heavy atom. The van der Waals surface area contributed by atoms with Gasteiger partial charge in [0, 0.05) is 12.3 Å². The maximum atomic E-state index is 12.7. The number of hydrogen-bond acceptors (Lipinski definition) is 5. The number of primary amides is 1. The van der Waals surface area contributed by atoms with Crippen LogP contribution >= 0.6 is 38.9 Å². The van der Waals surface area contributed by atoms with Crippen molar-refractivity contribution >= 4 is 55.0 Å². The molecule has 1 aromatic carbocycles. The van der Waals surface area contributed by atoms with E-state index in [0.717, 1.165) is 32.7 Å². The van der Waals surface area contributed by atoms with Gasteiger partial charge in [-0.2, -0.15) is 0 Å². The van der Waals surface area contributed by atoms with Crippen LogP contribution in [0.1, 0.15) is 15.4 Å². The van der Waals surface area contributed by atoms with Crippen LogP contribution in [-0.4, -0.2) is 21.0 Å². The van der Waals surface area contributed by atoms with Gasteiger partial charge >= 0.3 is 0 Å². The first-order chi connectivity index (χ1) is 11.3. The molecule has 0 aliphatic rings. The van der Waals surface area contributed by atoms with E-state index < -0.39 is 28.9 Å². The maximum Gasteiger partial charge on any atom is 0.254 e. The Morgan fingerprint density at radius 2 is 2.12 bits per heavy atom. The third-order valence-electron chi connectivity index (χ3n) is 2.72. The standard InChI is InChI=1S/C7H4BrClN2S.C7H5F2NO2/c8-2-7-11-4-1-6(9)10-3-5(4)12-7;8-3-1-2-4(11)6(9)5(3)7(10)12/h1,3H,2H2;1-2,11H,(H2,10,12). The lowest BCUT2D eigenvalue weighted by Gasteiger charge is -2.00. The Kier molecular flexibility index (Phi) is 6.03. The maximum absolute atomic E-state index is 12.7. The SMILES string of the molecule is Clc1cc2nc(CBr)sc2cn1.NC(=O)c1c(F)ccc(O)c1F. The Hall–Kier alpha value is -1.84. The van der Waals surface area contributed by atoms with Crippen LogP contribution in [0.4, 0.5) is 8.78 Å². The van der Waals surface area contributed by atoms with E-state index in [9.17, 15) is 13.6 Å². The number of aromatic nitrogens is 2. The van der Waals surface area contributed by atoms with Crippen LogP contribution < -0.4 is 5.73 Å². The second-order valence-electron chi connectivity index (χ2n) is 4.34. The summed E-state index contributed by atoms with van der Waals surface area (Å²) in [5.41, 5.74) is 4.66. The van der Waals surface area contributed by atoms with Crippen molar-refractivity contribution in [2.75, 3.05) is 0 Å². The van der Waals surface area contributed by atoms with Gasteiger partial charge in [0.15, 0.2) is 11.6 Å². The first-order valence-electron chi connectivity index (χ1n) is 6.27. The summed E-state index contributed by atoms with van der Waals surface area (Å²) in [5.74, 6) is -4.47. The molecule has 0 saturated carbocycles. The average Bonchev–Trinajstić information content (AvgIpc) is 2.94. The second kappa shape index (κ2) is 7.82. The molecule has 1 amide bonds. The predicted octanol–water partition coefficient (Wildman–Crippen LogP) is 4.01. The van der Waals surface area contributed by atoms with E-state index in [1.54, 1.807) is 23.6 Å². The van der Waals surface area contributed by atoms with Crippen LogP contribution in [0.2, 0.25) is 5.15 Å². The van der Waals surface area contributed by atoms with Crippen LogP contribution in [0.5, 0.6) is 5.75 Å². The normalized spacial score (nSPS) is 10.3. The van der Waals surface area contributed by atoms with E-state index >= 15 is 0 Å². The molecule has 3 N–H and O–H groups in total. The number of nitrogens with zero attached hydrogens (tertiary/aromatic N) is 2. The predicted molar refractivity (Wildman–Crippen MR) is 91.6 cm³/mol. The molecule has 0 bridgehead atoms. The largest absolute Gasteiger partial charge is 0.505 e. The van der Waals surface area contributed by atoms with Gasteiger partial charge in [-0.15, -0.1) is 11.3 Å². The zero-order valence-corrected chi connectivity index (χ0v) is 14.9. The molecular weight excluding hydrogens is 428 g/mol. The molecule has 3 aromatic rings. The number of alkyl halides is 1. The van der Waals surface area contributed by atoms with Gasteiger partial charge in [-0.05, 0) is 12.1 Å². The van der Waals surface area contributed by atoms with E-state index in [2.05, 4.69) is 31.6 Å². The number of aromatic hydroxyl groups is 1. The van der Waals surface area contributed by atoms with E-state index in [4.69, 9.17) is 16.7 Å². The number of carbonyl (C=O) groups excluding carboxylic acids is 1. The Bertz CT molecular complexity index is 907. The van der Waals surface area contributed by atoms with Crippen molar-refractivity contribution in [3.05, 3.63) is 51.8 Å². The van der Waals surface area contributed by atoms with E-state index in [1.807, 2.05) is 0 Å². The summed E-state index contributed by atoms with van der Waals surface area (Å²) in [6, 6.07) is 3.34. The molecule has 2 heterocycles. The topological polar surface area (TPSA) is 89.1 Å². The van der Waals surface area contributed by atoms with Gasteiger partial charge in [-0.3, -0.25) is 4.79 Å². The average molecular weight is 437 g/mol. The van der Waals surface area contributed by atoms with Gasteiger partial charge in [-0.25, -0.2) is 18.7 Å². The summed E-state index contributed by atoms with van der Waals surface area (Å²) in [7, 11) is 0. The van der Waals surface area contributed by atoms with E-state index in [0.29, 0.717) is 5.15 Å². The lowest BCUT2D eigenvalue weighted by molar-refractivity contribution is 0.0991. The Morgan fingerprint density at radius 3 is 2.71 bits per heavy atom. The number of phenols is 1. The molecule has 2 aromatic heterocycles. The molecule has 24 heavy (non-hydrogen) atoms. The van der Waals surface area contributed by atoms with Gasteiger partial charge in [0.25, 0.3) is 5.91 Å². The highest BCUT2D eigenvalue weighted by atomic mass is 79.9. The van der Waals surface area contributed by atoms with Gasteiger partial charge < -0.3 is 10.8 Å². The fraction of sp³-hybridized carbons (Fsp3) is 0.0714. The van der Waals surface area contributed by atoms with Crippen molar-refractivity contribution < 1.29 is 18.7 Å². The number of hydrogen-bond donors (Lipinski definition) is 2. The van der Waals surface area contributed by atoms with Crippen molar-refractivity contribution in [2.24, 2.45) is 5.73 Å². The fourth-order valence-electron chi connectivity index (χ4n) is 1.68. The molecule has 0 atom stereocenters. The number of phenolic OH excluding ortho intramolecular Hbond substituents is 1. The first kappa shape index (κ1) is 18.5. The zero-order valence-electron chi connectivity index (χ0n) is 11.8. The highest BCUT2D eigenvalue weighted by Gasteiger charge is 2.17. The summed E-state index contributed by atoms with van der Waals surface area (Å²) in [5, 5.41) is 11.1. The van der Waals surface area contributed by atoms with Crippen LogP contribution in [0, 0.1) is 11.6 Å². The molecule has 0 radical (unpaired) electrons. The van der Waals surface area contributed by atoms with Gasteiger partial charge in [-0.1, -0.05) is 27.5 Å². The smallest absolute Gasteiger partial charge is 0.254 e. The van der Waals surface area contributed by atoms with Gasteiger partial charge in [0.1, 0.15) is 21.5 Å². The van der Waals surface area contributed by atoms with Crippen molar-refractivity contribution in [1.29, 1.82) is 0 Å². The van der Waals surface area contributed by atoms with Crippen molar-refractivity contribution in [1.82, 2.24) is 9.97 Å². The summed E-state index contributed by atoms with van der Waals surface area (Å²) < 4.78 is 26.4. The number of amides is 1. The lowest BCUT2D eigenvalue weighted by atomic mass is 10.2. The summed E-state index contributed by atoms with van der Waals surface area (Å²) in [6.45, 7) is 0. The van der Waals surface area contributed by atoms with Crippen LogP contribution in [-0.2, 0) is 5.33 Å². The van der Waals surface area contributed by atoms with E-state index in [-0.39, 0.29) is 0 Å². The quantitative estimate of drug-likeness (QED) is 0.469. The number of fused-ring (bicyclic) bond motifs is 1. The second-order valence-corrected chi connectivity index (χ2v) is 6.40. The minimum absolute atomic E-state index is 0.494. The first-order valence-corrected chi connectivity index (χ1v) is 8.58. The fourth-order valence-corrected chi connectivity index (χ4v) is 3.07. The number of pyridine rings is 1. The minimum atomic E-state index is -1.33. The van der Waals surface area contributed by atoms with Gasteiger partial charge in [0.05, 0.1) is 15.5 Å². The third-order valence-corrected chi connectivity index (χ3v) is 4.83. The molecule has 0 spiro atoms. The highest BCUT2D eigenvalue weighted by molar-refractivity contribution is 9.08. The molecule has 0 unspecified atom stereocenters. The number of carbonyl (C=O) groups is 1. The van der Waals surface area contributed by atoms with Crippen LogP contribution in [0.3, 0.4) is 0 Å². The monoisotopic (exact) mass is 435 g/mol. The molecule has 0 aliphatic heterocycles. The lowest BCUT2D eigenvalue weighted by Crippen LogP contribution is -2.15. The van der Waals surface area contributed by atoms with Crippen molar-refractivity contribution in [2.45, 2.75) is 5.33 Å². The van der Waals surface area contributed by atoms with Gasteiger partial charge in [0.2, 0.25) is 0 Å². The molecule has 0 aliphatic carbocycles. The number of thiazole rings is 1. The molecule has 126 valence electrons. The summed E-state index contributed by atoms with van der Waals surface area (Å²) in [4.78, 5) is 18.7. The molecule has 10 heteroatoms. The molecule has 5 nitrogen and oxygen atoms in total. The highest BCUT2D eigenvalue weighted by Crippen LogP contribution is 2.24. The minimum Gasteiger partial charge on any atom is -0.505 e. The third kappa shape index (κ3) is 4.16. The van der Waals surface area contributed by atoms with Crippen molar-refractivity contribution in [3.63, 3.8) is 0 Å². The molecule has 0 fully saturated rings. The molecule has 0 saturated heterocycles. The van der Waals surface area contributed by atoms with Crippen LogP contribution in [0.25, 0.3) is 10.2 Å². The number of rotatable bonds is 2. The Balaban J connectivity index is 0.000000174.